The molecule has 0 saturated carbocycles. The van der Waals surface area contributed by atoms with E-state index in [4.69, 9.17) is 28.2 Å². The molecule has 2 heterocycles. The Balaban J connectivity index is 1.31. The smallest absolute Gasteiger partial charge is 0.199 e. The number of piperazine rings is 1. The Morgan fingerprint density at radius 1 is 0.963 bits per heavy atom. The van der Waals surface area contributed by atoms with Gasteiger partial charge < -0.3 is 15.1 Å². The maximum absolute atomic E-state index is 6.18. The Kier molecular flexibility index (Phi) is 4.41. The van der Waals surface area contributed by atoms with Gasteiger partial charge in [-0.3, -0.25) is 0 Å². The highest BCUT2D eigenvalue weighted by Crippen LogP contribution is 2.40. The highest BCUT2D eigenvalue weighted by Gasteiger charge is 2.30. The van der Waals surface area contributed by atoms with Crippen molar-refractivity contribution in [3.63, 3.8) is 0 Å². The zero-order valence-corrected chi connectivity index (χ0v) is 16.6. The molecule has 140 valence electrons. The Hall–Kier alpha value is -1.91. The fourth-order valence-corrected chi connectivity index (χ4v) is 4.70. The molecular weight excluding hydrogens is 379 g/mol. The number of hydrogen-bond donors (Lipinski definition) is 1. The number of nitrogens with zero attached hydrogens (tertiary/aromatic N) is 3. The van der Waals surface area contributed by atoms with E-state index in [1.165, 1.54) is 29.7 Å². The van der Waals surface area contributed by atoms with Crippen molar-refractivity contribution in [3.8, 4) is 0 Å². The first-order valence-corrected chi connectivity index (χ1v) is 10.4. The van der Waals surface area contributed by atoms with Crippen molar-refractivity contribution in [2.75, 3.05) is 36.4 Å². The number of hydrogen-bond acceptors (Lipinski definition) is 4. The van der Waals surface area contributed by atoms with Crippen LogP contribution in [0.25, 0.3) is 0 Å². The maximum atomic E-state index is 6.18. The Bertz CT molecular complexity index is 903. The first-order chi connectivity index (χ1) is 13.2. The molecule has 1 unspecified atom stereocenters. The number of benzene rings is 2. The number of guanidine groups is 1. The second-order valence-electron chi connectivity index (χ2n) is 7.44. The largest absolute Gasteiger partial charge is 0.368 e. The van der Waals surface area contributed by atoms with Crippen molar-refractivity contribution in [1.29, 1.82) is 0 Å². The Morgan fingerprint density at radius 2 is 1.78 bits per heavy atom. The van der Waals surface area contributed by atoms with Crippen LogP contribution in [-0.4, -0.2) is 37.0 Å². The third-order valence-electron chi connectivity index (χ3n) is 5.83. The fourth-order valence-electron chi connectivity index (χ4n) is 4.41. The van der Waals surface area contributed by atoms with Gasteiger partial charge in [-0.1, -0.05) is 35.3 Å². The van der Waals surface area contributed by atoms with E-state index in [0.717, 1.165) is 44.2 Å². The van der Waals surface area contributed by atoms with E-state index in [-0.39, 0.29) is 0 Å². The van der Waals surface area contributed by atoms with E-state index in [9.17, 15) is 0 Å². The predicted molar refractivity (Wildman–Crippen MR) is 113 cm³/mol. The Labute approximate surface area is 169 Å². The van der Waals surface area contributed by atoms with E-state index < -0.39 is 0 Å². The van der Waals surface area contributed by atoms with Gasteiger partial charge in [-0.2, -0.15) is 0 Å². The number of halogens is 2. The molecular formula is C21H22Cl2N4. The predicted octanol–water partition coefficient (Wildman–Crippen LogP) is 4.97. The maximum Gasteiger partial charge on any atom is 0.199 e. The van der Waals surface area contributed by atoms with Gasteiger partial charge in [0.2, 0.25) is 0 Å². The van der Waals surface area contributed by atoms with Crippen LogP contribution in [0.1, 0.15) is 30.0 Å². The minimum Gasteiger partial charge on any atom is -0.368 e. The molecule has 2 aliphatic heterocycles. The highest BCUT2D eigenvalue weighted by molar-refractivity contribution is 6.42. The average Bonchev–Trinajstić information content (AvgIpc) is 2.70. The second-order valence-corrected chi connectivity index (χ2v) is 8.25. The number of rotatable bonds is 1. The van der Waals surface area contributed by atoms with Crippen LogP contribution in [-0.2, 0) is 6.42 Å². The second kappa shape index (κ2) is 6.92. The lowest BCUT2D eigenvalue weighted by molar-refractivity contribution is 0.379. The van der Waals surface area contributed by atoms with Crippen molar-refractivity contribution in [2.24, 2.45) is 4.99 Å². The average molecular weight is 401 g/mol. The SMILES string of the molecule is Clc1ccc(N2CCN(C3=NC4CCCc5cccc(c54)N3)CC2)cc1Cl. The summed E-state index contributed by atoms with van der Waals surface area (Å²) in [5.74, 6) is 1.03. The van der Waals surface area contributed by atoms with Gasteiger partial charge in [0.1, 0.15) is 0 Å². The highest BCUT2D eigenvalue weighted by atomic mass is 35.5. The standard InChI is InChI=1S/C21H22Cl2N4/c22-16-8-7-15(13-17(16)23)26-9-11-27(12-10-26)21-24-18-5-1-3-14-4-2-6-19(25-21)20(14)18/h1,3,5,7-8,13,19H,2,4,6,9-12H2,(H,24,25). The zero-order valence-electron chi connectivity index (χ0n) is 15.1. The summed E-state index contributed by atoms with van der Waals surface area (Å²) >= 11 is 12.2. The number of anilines is 2. The molecule has 0 spiro atoms. The van der Waals surface area contributed by atoms with Gasteiger partial charge >= 0.3 is 0 Å². The van der Waals surface area contributed by atoms with Gasteiger partial charge in [-0.15, -0.1) is 0 Å². The minimum atomic E-state index is 0.314. The molecule has 1 N–H and O–H groups in total. The molecule has 2 aromatic rings. The topological polar surface area (TPSA) is 30.9 Å². The summed E-state index contributed by atoms with van der Waals surface area (Å²) in [6, 6.07) is 12.8. The van der Waals surface area contributed by atoms with E-state index in [2.05, 4.69) is 33.3 Å². The zero-order chi connectivity index (χ0) is 18.4. The molecule has 3 aliphatic rings. The Morgan fingerprint density at radius 3 is 2.59 bits per heavy atom. The molecule has 0 amide bonds. The first kappa shape index (κ1) is 17.2. The van der Waals surface area contributed by atoms with Gasteiger partial charge in [-0.05, 0) is 49.1 Å². The van der Waals surface area contributed by atoms with Crippen LogP contribution in [0.4, 0.5) is 11.4 Å². The molecule has 4 nitrogen and oxygen atoms in total. The molecule has 0 bridgehead atoms. The van der Waals surface area contributed by atoms with Crippen molar-refractivity contribution in [3.05, 3.63) is 57.6 Å². The van der Waals surface area contributed by atoms with Gasteiger partial charge in [0.05, 0.1) is 16.1 Å². The van der Waals surface area contributed by atoms with E-state index >= 15 is 0 Å². The van der Waals surface area contributed by atoms with Crippen LogP contribution in [0.2, 0.25) is 10.0 Å². The molecule has 0 radical (unpaired) electrons. The van der Waals surface area contributed by atoms with Crippen molar-refractivity contribution < 1.29 is 0 Å². The molecule has 0 aromatic heterocycles. The summed E-state index contributed by atoms with van der Waals surface area (Å²) in [6.07, 6.45) is 3.55. The summed E-state index contributed by atoms with van der Waals surface area (Å²) in [4.78, 5) is 9.80. The quantitative estimate of drug-likeness (QED) is 0.732. The number of aryl methyl sites for hydroxylation is 1. The number of aliphatic imine (C=N–C) groups is 1. The van der Waals surface area contributed by atoms with E-state index in [0.29, 0.717) is 16.1 Å². The van der Waals surface area contributed by atoms with Crippen LogP contribution >= 0.6 is 23.2 Å². The van der Waals surface area contributed by atoms with Gasteiger partial charge in [0.15, 0.2) is 5.96 Å². The summed E-state index contributed by atoms with van der Waals surface area (Å²) in [6.45, 7) is 3.76. The minimum absolute atomic E-state index is 0.314. The molecule has 1 aliphatic carbocycles. The summed E-state index contributed by atoms with van der Waals surface area (Å²) in [5, 5.41) is 4.81. The van der Waals surface area contributed by atoms with Crippen LogP contribution in [0.3, 0.4) is 0 Å². The summed E-state index contributed by atoms with van der Waals surface area (Å²) < 4.78 is 0. The summed E-state index contributed by atoms with van der Waals surface area (Å²) in [7, 11) is 0. The van der Waals surface area contributed by atoms with Crippen molar-refractivity contribution in [2.45, 2.75) is 25.3 Å². The molecule has 1 fully saturated rings. The van der Waals surface area contributed by atoms with Crippen LogP contribution in [0.15, 0.2) is 41.4 Å². The van der Waals surface area contributed by atoms with E-state index in [1.807, 2.05) is 18.2 Å². The lowest BCUT2D eigenvalue weighted by Gasteiger charge is -2.40. The number of nitrogens with one attached hydrogen (secondary N) is 1. The van der Waals surface area contributed by atoms with Gasteiger partial charge in [0, 0.05) is 43.1 Å². The third kappa shape index (κ3) is 3.15. The van der Waals surface area contributed by atoms with Gasteiger partial charge in [-0.25, -0.2) is 4.99 Å². The van der Waals surface area contributed by atoms with Crippen LogP contribution in [0.5, 0.6) is 0 Å². The normalized spacial score (nSPS) is 21.4. The summed E-state index contributed by atoms with van der Waals surface area (Å²) in [5.41, 5.74) is 5.25. The van der Waals surface area contributed by atoms with Crippen molar-refractivity contribution >= 4 is 40.5 Å². The fraction of sp³-hybridized carbons (Fsp3) is 0.381. The van der Waals surface area contributed by atoms with Gasteiger partial charge in [0.25, 0.3) is 0 Å². The van der Waals surface area contributed by atoms with Crippen LogP contribution < -0.4 is 10.2 Å². The molecule has 2 aromatic carbocycles. The monoisotopic (exact) mass is 400 g/mol. The molecule has 1 saturated heterocycles. The molecule has 27 heavy (non-hydrogen) atoms. The first-order valence-electron chi connectivity index (χ1n) is 9.60. The molecule has 5 rings (SSSR count). The lowest BCUT2D eigenvalue weighted by Crippen LogP contribution is -2.51. The van der Waals surface area contributed by atoms with Crippen LogP contribution in [0, 0.1) is 0 Å². The molecule has 6 heteroatoms. The third-order valence-corrected chi connectivity index (χ3v) is 6.56. The van der Waals surface area contributed by atoms with Crippen molar-refractivity contribution in [1.82, 2.24) is 4.90 Å². The lowest BCUT2D eigenvalue weighted by atomic mass is 9.86. The van der Waals surface area contributed by atoms with E-state index in [1.54, 1.807) is 0 Å². The molecule has 1 atom stereocenters.